The maximum atomic E-state index is 14.7. The number of fused-ring (bicyclic) bond motifs is 1. The van der Waals surface area contributed by atoms with Crippen LogP contribution >= 0.6 is 11.3 Å². The van der Waals surface area contributed by atoms with Crippen LogP contribution in [0, 0.1) is 17.6 Å². The summed E-state index contributed by atoms with van der Waals surface area (Å²) < 4.78 is 89.5. The van der Waals surface area contributed by atoms with E-state index in [2.05, 4.69) is 4.98 Å². The fraction of sp³-hybridized carbons (Fsp3) is 0.321. The summed E-state index contributed by atoms with van der Waals surface area (Å²) in [5.41, 5.74) is -0.889. The summed E-state index contributed by atoms with van der Waals surface area (Å²) in [7, 11) is 1.14. The second-order valence-electron chi connectivity index (χ2n) is 9.40. The van der Waals surface area contributed by atoms with Gasteiger partial charge in [-0.1, -0.05) is 43.3 Å². The van der Waals surface area contributed by atoms with Gasteiger partial charge in [0.15, 0.2) is 17.2 Å². The highest BCUT2D eigenvalue weighted by atomic mass is 32.1. The molecule has 5 rings (SSSR count). The van der Waals surface area contributed by atoms with Crippen LogP contribution in [0.1, 0.15) is 42.7 Å². The molecule has 3 heterocycles. The predicted molar refractivity (Wildman–Crippen MR) is 133 cm³/mol. The summed E-state index contributed by atoms with van der Waals surface area (Å²) in [4.78, 5) is 4.62. The van der Waals surface area contributed by atoms with E-state index in [1.54, 1.807) is 12.1 Å². The lowest BCUT2D eigenvalue weighted by Crippen LogP contribution is -2.46. The third-order valence-corrected chi connectivity index (χ3v) is 8.16. The number of pyridine rings is 1. The van der Waals surface area contributed by atoms with Gasteiger partial charge in [-0.15, -0.1) is 11.3 Å². The maximum Gasteiger partial charge on any atom is 0.417 e. The van der Waals surface area contributed by atoms with E-state index in [1.807, 2.05) is 35.7 Å². The van der Waals surface area contributed by atoms with Gasteiger partial charge in [0, 0.05) is 23.5 Å². The number of nitrogens with zero attached hydrogens (tertiary/aromatic N) is 1. The molecule has 0 bridgehead atoms. The number of thiophene rings is 1. The Morgan fingerprint density at radius 1 is 1.08 bits per heavy atom. The molecule has 38 heavy (non-hydrogen) atoms. The summed E-state index contributed by atoms with van der Waals surface area (Å²) in [6.07, 6.45) is -6.00. The SMILES string of the molecule is COc1c([C@H]2[C@H](c3cc(OCc4ccccc4)c4sccc4n3)O[C@@](C)(C(F)(F)F)[C@H]2C)ccc(F)c1F. The van der Waals surface area contributed by atoms with Crippen molar-refractivity contribution in [3.05, 3.63) is 88.4 Å². The van der Waals surface area contributed by atoms with Crippen molar-refractivity contribution in [3.63, 3.8) is 0 Å². The van der Waals surface area contributed by atoms with E-state index in [1.165, 1.54) is 24.3 Å². The summed E-state index contributed by atoms with van der Waals surface area (Å²) in [6, 6.07) is 14.9. The van der Waals surface area contributed by atoms with Crippen molar-refractivity contribution in [1.29, 1.82) is 0 Å². The molecule has 1 saturated heterocycles. The van der Waals surface area contributed by atoms with Gasteiger partial charge in [0.1, 0.15) is 18.5 Å². The zero-order chi connectivity index (χ0) is 27.2. The van der Waals surface area contributed by atoms with Crippen LogP contribution in [0.4, 0.5) is 22.0 Å². The molecule has 0 aliphatic carbocycles. The van der Waals surface area contributed by atoms with Gasteiger partial charge >= 0.3 is 6.18 Å². The summed E-state index contributed by atoms with van der Waals surface area (Å²) in [6.45, 7) is 2.58. The van der Waals surface area contributed by atoms with E-state index in [0.717, 1.165) is 30.4 Å². The molecule has 0 N–H and O–H groups in total. The monoisotopic (exact) mass is 549 g/mol. The largest absolute Gasteiger partial charge is 0.493 e. The lowest BCUT2D eigenvalue weighted by molar-refractivity contribution is -0.275. The molecular formula is C28H24F5NO3S. The lowest BCUT2D eigenvalue weighted by atomic mass is 9.76. The molecule has 10 heteroatoms. The molecule has 2 aromatic carbocycles. The molecule has 200 valence electrons. The molecule has 0 unspecified atom stereocenters. The minimum absolute atomic E-state index is 0.0656. The van der Waals surface area contributed by atoms with Crippen molar-refractivity contribution in [3.8, 4) is 11.5 Å². The molecule has 4 nitrogen and oxygen atoms in total. The molecule has 4 atom stereocenters. The highest BCUT2D eigenvalue weighted by Gasteiger charge is 2.65. The molecule has 1 aliphatic heterocycles. The number of ether oxygens (including phenoxy) is 3. The molecule has 0 radical (unpaired) electrons. The van der Waals surface area contributed by atoms with Gasteiger partial charge in [0.25, 0.3) is 0 Å². The first-order chi connectivity index (χ1) is 18.0. The number of hydrogen-bond donors (Lipinski definition) is 0. The van der Waals surface area contributed by atoms with Crippen LogP contribution in [0.15, 0.2) is 60.0 Å². The van der Waals surface area contributed by atoms with E-state index in [9.17, 15) is 22.0 Å². The molecule has 0 amide bonds. The minimum atomic E-state index is -4.75. The number of aromatic nitrogens is 1. The van der Waals surface area contributed by atoms with Crippen LogP contribution in [-0.4, -0.2) is 23.9 Å². The number of methoxy groups -OCH3 is 1. The third kappa shape index (κ3) is 4.39. The quantitative estimate of drug-likeness (QED) is 0.229. The average Bonchev–Trinajstić information content (AvgIpc) is 3.47. The molecule has 1 fully saturated rings. The van der Waals surface area contributed by atoms with Crippen LogP contribution < -0.4 is 9.47 Å². The zero-order valence-corrected chi connectivity index (χ0v) is 21.5. The lowest BCUT2D eigenvalue weighted by Gasteiger charge is -2.32. The second-order valence-corrected chi connectivity index (χ2v) is 10.3. The van der Waals surface area contributed by atoms with Gasteiger partial charge in [-0.2, -0.15) is 17.6 Å². The molecule has 0 spiro atoms. The first-order valence-electron chi connectivity index (χ1n) is 11.9. The fourth-order valence-corrected chi connectivity index (χ4v) is 5.80. The van der Waals surface area contributed by atoms with E-state index >= 15 is 0 Å². The Kier molecular flexibility index (Phi) is 6.81. The summed E-state index contributed by atoms with van der Waals surface area (Å²) in [5.74, 6) is -4.71. The van der Waals surface area contributed by atoms with Crippen molar-refractivity contribution < 1.29 is 36.2 Å². The molecule has 1 aliphatic rings. The molecule has 0 saturated carbocycles. The van der Waals surface area contributed by atoms with Gasteiger partial charge in [0.05, 0.1) is 23.0 Å². The Bertz CT molecular complexity index is 1460. The van der Waals surface area contributed by atoms with Gasteiger partial charge < -0.3 is 14.2 Å². The number of alkyl halides is 3. The van der Waals surface area contributed by atoms with Crippen LogP contribution in [0.2, 0.25) is 0 Å². The first kappa shape index (κ1) is 26.4. The standard InChI is InChI=1S/C28H24F5NO3S/c1-15-22(17-9-10-18(29)23(30)24(17)35-3)25(37-27(15,2)28(31,32)33)20-13-21(26-19(34-20)11-12-38-26)36-14-16-7-5-4-6-8-16/h4-13,15,22,25H,14H2,1-3H3/t15-,22-,25-,27+/m0/s1. The van der Waals surface area contributed by atoms with Crippen LogP contribution in [0.5, 0.6) is 11.5 Å². The number of benzene rings is 2. The normalized spacial score (nSPS) is 23.6. The van der Waals surface area contributed by atoms with Crippen molar-refractivity contribution in [2.75, 3.05) is 7.11 Å². The summed E-state index contributed by atoms with van der Waals surface area (Å²) >= 11 is 1.39. The van der Waals surface area contributed by atoms with E-state index in [-0.39, 0.29) is 17.9 Å². The Hall–Kier alpha value is -3.24. The number of halogens is 5. The molecule has 4 aromatic rings. The minimum Gasteiger partial charge on any atom is -0.493 e. The van der Waals surface area contributed by atoms with Gasteiger partial charge in [-0.25, -0.2) is 9.37 Å². The van der Waals surface area contributed by atoms with Crippen molar-refractivity contribution in [2.45, 2.75) is 44.3 Å². The Morgan fingerprint density at radius 2 is 1.82 bits per heavy atom. The van der Waals surface area contributed by atoms with Crippen molar-refractivity contribution in [1.82, 2.24) is 4.98 Å². The molecular weight excluding hydrogens is 525 g/mol. The van der Waals surface area contributed by atoms with Gasteiger partial charge in [-0.05, 0) is 30.0 Å². The highest BCUT2D eigenvalue weighted by molar-refractivity contribution is 7.17. The molecule has 2 aromatic heterocycles. The Labute approximate surface area is 220 Å². The Balaban J connectivity index is 1.64. The van der Waals surface area contributed by atoms with Gasteiger partial charge in [-0.3, -0.25) is 0 Å². The van der Waals surface area contributed by atoms with Gasteiger partial charge in [0.2, 0.25) is 5.82 Å². The highest BCUT2D eigenvalue weighted by Crippen LogP contribution is 2.59. The summed E-state index contributed by atoms with van der Waals surface area (Å²) in [5, 5.41) is 1.81. The van der Waals surface area contributed by atoms with Crippen molar-refractivity contribution in [2.24, 2.45) is 5.92 Å². The van der Waals surface area contributed by atoms with Crippen LogP contribution in [0.3, 0.4) is 0 Å². The van der Waals surface area contributed by atoms with Crippen LogP contribution in [-0.2, 0) is 11.3 Å². The van der Waals surface area contributed by atoms with E-state index in [0.29, 0.717) is 11.3 Å². The van der Waals surface area contributed by atoms with Crippen LogP contribution in [0.25, 0.3) is 10.2 Å². The van der Waals surface area contributed by atoms with Crippen molar-refractivity contribution >= 4 is 21.6 Å². The smallest absolute Gasteiger partial charge is 0.417 e. The van der Waals surface area contributed by atoms with E-state index < -0.39 is 47.1 Å². The Morgan fingerprint density at radius 3 is 2.50 bits per heavy atom. The first-order valence-corrected chi connectivity index (χ1v) is 12.7. The number of rotatable bonds is 6. The number of hydrogen-bond acceptors (Lipinski definition) is 5. The third-order valence-electron chi connectivity index (χ3n) is 7.24. The predicted octanol–water partition coefficient (Wildman–Crippen LogP) is 7.97. The average molecular weight is 550 g/mol. The second kappa shape index (κ2) is 9.81. The fourth-order valence-electron chi connectivity index (χ4n) is 5.00. The zero-order valence-electron chi connectivity index (χ0n) is 20.7. The topological polar surface area (TPSA) is 40.6 Å². The van der Waals surface area contributed by atoms with E-state index in [4.69, 9.17) is 14.2 Å². The maximum absolute atomic E-state index is 14.7.